The van der Waals surface area contributed by atoms with E-state index >= 15 is 0 Å². The number of aromatic nitrogens is 2. The van der Waals surface area contributed by atoms with Gasteiger partial charge < -0.3 is 10.6 Å². The van der Waals surface area contributed by atoms with Gasteiger partial charge in [-0.15, -0.1) is 0 Å². The maximum atomic E-state index is 13.0. The van der Waals surface area contributed by atoms with Crippen LogP contribution in [0.4, 0.5) is 18.0 Å². The van der Waals surface area contributed by atoms with Crippen LogP contribution >= 0.6 is 0 Å². The number of alkyl halides is 3. The number of halogens is 3. The van der Waals surface area contributed by atoms with Crippen LogP contribution in [0.15, 0.2) is 30.3 Å². The van der Waals surface area contributed by atoms with Crippen LogP contribution in [0.3, 0.4) is 0 Å². The van der Waals surface area contributed by atoms with Gasteiger partial charge in [0.1, 0.15) is 0 Å². The van der Waals surface area contributed by atoms with E-state index in [0.717, 1.165) is 17.5 Å². The molecule has 0 spiro atoms. The maximum absolute atomic E-state index is 13.0. The number of carbonyl (C=O) groups is 1. The zero-order chi connectivity index (χ0) is 17.9. The van der Waals surface area contributed by atoms with Crippen LogP contribution in [0.2, 0.25) is 0 Å². The molecule has 1 heterocycles. The Morgan fingerprint density at radius 3 is 2.58 bits per heavy atom. The highest BCUT2D eigenvalue weighted by atomic mass is 19.4. The first-order valence-electron chi connectivity index (χ1n) is 7.38. The normalized spacial score (nSPS) is 12.8. The molecule has 1 aromatic heterocycles. The van der Waals surface area contributed by atoms with Crippen LogP contribution in [-0.4, -0.2) is 15.8 Å². The summed E-state index contributed by atoms with van der Waals surface area (Å²) in [5, 5.41) is 9.30. The second-order valence-corrected chi connectivity index (χ2v) is 5.53. The van der Waals surface area contributed by atoms with Crippen LogP contribution in [0, 0.1) is 6.92 Å². The number of hydrogen-bond donors (Lipinski definition) is 2. The number of amides is 2. The number of nitrogens with zero attached hydrogens (tertiary/aromatic N) is 2. The quantitative estimate of drug-likeness (QED) is 0.897. The molecule has 0 saturated heterocycles. The van der Waals surface area contributed by atoms with Crippen LogP contribution in [0.1, 0.15) is 35.5 Å². The van der Waals surface area contributed by atoms with E-state index in [1.807, 2.05) is 13.0 Å². The third-order valence-corrected chi connectivity index (χ3v) is 3.61. The highest BCUT2D eigenvalue weighted by molar-refractivity contribution is 5.74. The lowest BCUT2D eigenvalue weighted by Crippen LogP contribution is -2.37. The lowest BCUT2D eigenvalue weighted by atomic mass is 10.0. The summed E-state index contributed by atoms with van der Waals surface area (Å²) in [7, 11) is 1.75. The first-order valence-corrected chi connectivity index (χ1v) is 7.38. The van der Waals surface area contributed by atoms with Gasteiger partial charge in [0.25, 0.3) is 0 Å². The molecule has 8 heteroatoms. The lowest BCUT2D eigenvalue weighted by molar-refractivity contribution is -0.138. The maximum Gasteiger partial charge on any atom is 0.416 e. The minimum absolute atomic E-state index is 0.0246. The molecule has 0 aliphatic carbocycles. The van der Waals surface area contributed by atoms with Gasteiger partial charge >= 0.3 is 12.2 Å². The van der Waals surface area contributed by atoms with Crippen molar-refractivity contribution in [1.29, 1.82) is 0 Å². The van der Waals surface area contributed by atoms with Crippen molar-refractivity contribution in [1.82, 2.24) is 20.4 Å². The Morgan fingerprint density at radius 2 is 2.00 bits per heavy atom. The van der Waals surface area contributed by atoms with Crippen molar-refractivity contribution in [2.24, 2.45) is 7.05 Å². The highest BCUT2D eigenvalue weighted by Crippen LogP contribution is 2.34. The molecule has 1 atom stereocenters. The summed E-state index contributed by atoms with van der Waals surface area (Å²) < 4.78 is 40.7. The van der Waals surface area contributed by atoms with Gasteiger partial charge in [-0.2, -0.15) is 18.3 Å². The predicted octanol–water partition coefficient (Wildman–Crippen LogP) is 3.31. The van der Waals surface area contributed by atoms with Gasteiger partial charge in [-0.25, -0.2) is 4.79 Å². The molecule has 0 unspecified atom stereocenters. The van der Waals surface area contributed by atoms with Crippen molar-refractivity contribution < 1.29 is 18.0 Å². The van der Waals surface area contributed by atoms with Crippen LogP contribution in [0.25, 0.3) is 0 Å². The van der Waals surface area contributed by atoms with Gasteiger partial charge in [-0.3, -0.25) is 4.68 Å². The topological polar surface area (TPSA) is 59.0 Å². The molecule has 0 radical (unpaired) electrons. The molecule has 2 N–H and O–H groups in total. The van der Waals surface area contributed by atoms with Crippen molar-refractivity contribution in [3.63, 3.8) is 0 Å². The second kappa shape index (κ2) is 6.94. The Bertz CT molecular complexity index is 724. The largest absolute Gasteiger partial charge is 0.416 e. The van der Waals surface area contributed by atoms with Crippen molar-refractivity contribution in [2.45, 2.75) is 32.6 Å². The van der Waals surface area contributed by atoms with E-state index in [9.17, 15) is 18.0 Å². The third-order valence-electron chi connectivity index (χ3n) is 3.61. The Kier molecular flexibility index (Phi) is 5.16. The summed E-state index contributed by atoms with van der Waals surface area (Å²) in [6.07, 6.45) is -4.46. The molecule has 1 aromatic carbocycles. The summed E-state index contributed by atoms with van der Waals surface area (Å²) >= 11 is 0. The zero-order valence-electron chi connectivity index (χ0n) is 13.6. The van der Waals surface area contributed by atoms with Gasteiger partial charge in [0.2, 0.25) is 0 Å². The molecule has 0 saturated carbocycles. The van der Waals surface area contributed by atoms with Crippen LogP contribution in [-0.2, 0) is 19.8 Å². The minimum atomic E-state index is -4.46. The highest BCUT2D eigenvalue weighted by Gasteiger charge is 2.34. The molecular formula is C16H19F3N4O. The van der Waals surface area contributed by atoms with E-state index in [-0.39, 0.29) is 12.1 Å². The smallest absolute Gasteiger partial charge is 0.333 e. The summed E-state index contributed by atoms with van der Waals surface area (Å²) in [5.74, 6) is 0. The molecule has 5 nitrogen and oxygen atoms in total. The van der Waals surface area contributed by atoms with E-state index in [1.54, 1.807) is 11.7 Å². The molecule has 2 aromatic rings. The predicted molar refractivity (Wildman–Crippen MR) is 83.2 cm³/mol. The number of urea groups is 1. The molecule has 0 bridgehead atoms. The first-order chi connectivity index (χ1) is 11.2. The standard InChI is InChI=1S/C16H19F3N4O/c1-10-8-12(23(3)22-10)9-20-15(24)21-11(2)13-6-4-5-7-14(13)16(17,18)19/h4-8,11H,9H2,1-3H3,(H2,20,21,24)/t11-/m1/s1. The Labute approximate surface area is 137 Å². The van der Waals surface area contributed by atoms with Gasteiger partial charge in [0, 0.05) is 7.05 Å². The first kappa shape index (κ1) is 17.8. The molecule has 2 amide bonds. The molecule has 2 rings (SSSR count). The van der Waals surface area contributed by atoms with E-state index in [0.29, 0.717) is 0 Å². The average molecular weight is 340 g/mol. The minimum Gasteiger partial charge on any atom is -0.333 e. The summed E-state index contributed by atoms with van der Waals surface area (Å²) in [4.78, 5) is 11.9. The number of benzene rings is 1. The van der Waals surface area contributed by atoms with Crippen LogP contribution in [0.5, 0.6) is 0 Å². The van der Waals surface area contributed by atoms with Gasteiger partial charge in [-0.1, -0.05) is 18.2 Å². The van der Waals surface area contributed by atoms with Gasteiger partial charge in [0.05, 0.1) is 29.5 Å². The van der Waals surface area contributed by atoms with Crippen molar-refractivity contribution >= 4 is 6.03 Å². The number of rotatable bonds is 4. The molecule has 24 heavy (non-hydrogen) atoms. The van der Waals surface area contributed by atoms with Crippen molar-refractivity contribution in [3.8, 4) is 0 Å². The third kappa shape index (κ3) is 4.27. The fourth-order valence-corrected chi connectivity index (χ4v) is 2.46. The van der Waals surface area contributed by atoms with E-state index < -0.39 is 23.8 Å². The Hall–Kier alpha value is -2.51. The molecule has 130 valence electrons. The number of carbonyl (C=O) groups excluding carboxylic acids is 1. The van der Waals surface area contributed by atoms with E-state index in [2.05, 4.69) is 15.7 Å². The molecule has 0 aliphatic rings. The number of hydrogen-bond acceptors (Lipinski definition) is 2. The second-order valence-electron chi connectivity index (χ2n) is 5.53. The summed E-state index contributed by atoms with van der Waals surface area (Å²) in [5.41, 5.74) is 0.893. The zero-order valence-corrected chi connectivity index (χ0v) is 13.6. The fraction of sp³-hybridized carbons (Fsp3) is 0.375. The molecule has 0 fully saturated rings. The summed E-state index contributed by atoms with van der Waals surface area (Å²) in [6.45, 7) is 3.58. The molecular weight excluding hydrogens is 321 g/mol. The molecule has 0 aliphatic heterocycles. The number of aryl methyl sites for hydroxylation is 2. The van der Waals surface area contributed by atoms with E-state index in [4.69, 9.17) is 0 Å². The van der Waals surface area contributed by atoms with Gasteiger partial charge in [-0.05, 0) is 31.5 Å². The van der Waals surface area contributed by atoms with Crippen molar-refractivity contribution in [2.75, 3.05) is 0 Å². The monoisotopic (exact) mass is 340 g/mol. The van der Waals surface area contributed by atoms with Gasteiger partial charge in [0.15, 0.2) is 0 Å². The van der Waals surface area contributed by atoms with Crippen LogP contribution < -0.4 is 10.6 Å². The van der Waals surface area contributed by atoms with Crippen molar-refractivity contribution in [3.05, 3.63) is 52.8 Å². The van der Waals surface area contributed by atoms with E-state index in [1.165, 1.54) is 25.1 Å². The Morgan fingerprint density at radius 1 is 1.33 bits per heavy atom. The Balaban J connectivity index is 2.01. The number of nitrogens with one attached hydrogen (secondary N) is 2. The summed E-state index contributed by atoms with van der Waals surface area (Å²) in [6, 6.07) is 5.70. The SMILES string of the molecule is Cc1cc(CNC(=O)N[C@H](C)c2ccccc2C(F)(F)F)n(C)n1. The fourth-order valence-electron chi connectivity index (χ4n) is 2.46. The average Bonchev–Trinajstić information content (AvgIpc) is 2.82. The lowest BCUT2D eigenvalue weighted by Gasteiger charge is -2.19.